The first-order valence-electron chi connectivity index (χ1n) is 7.57. The minimum Gasteiger partial charge on any atom is -0.276 e. The van der Waals surface area contributed by atoms with E-state index < -0.39 is 0 Å². The monoisotopic (exact) mass is 376 g/mol. The molecule has 1 aromatic heterocycles. The maximum atomic E-state index is 3.83. The molecule has 19 heavy (non-hydrogen) atoms. The molecular weight excluding hydrogens is 339 g/mol. The van der Waals surface area contributed by atoms with E-state index in [1.807, 2.05) is 19.3 Å². The summed E-state index contributed by atoms with van der Waals surface area (Å²) in [7, 11) is 1.89. The second-order valence-electron chi connectivity index (χ2n) is 4.18. The molecule has 1 aromatic rings. The van der Waals surface area contributed by atoms with Crippen LogP contribution in [0.3, 0.4) is 0 Å². The van der Waals surface area contributed by atoms with E-state index in [0.717, 1.165) is 0 Å². The predicted molar refractivity (Wildman–Crippen MR) is 90.7 cm³/mol. The topological polar surface area (TPSA) is 17.8 Å². The van der Waals surface area contributed by atoms with Gasteiger partial charge in [-0.1, -0.05) is 80.1 Å². The molecular formula is C16H36N2Sn. The van der Waals surface area contributed by atoms with Gasteiger partial charge in [0, 0.05) is 43.3 Å². The number of aromatic nitrogens is 2. The van der Waals surface area contributed by atoms with Gasteiger partial charge in [-0.05, 0) is 6.07 Å². The Balaban J connectivity index is -0.0000000796. The first-order chi connectivity index (χ1) is 8.64. The Bertz CT molecular complexity index is 171. The van der Waals surface area contributed by atoms with E-state index in [9.17, 15) is 0 Å². The standard InChI is InChI=1S/C4H6N2.3C4H10.Sn/c1-6-4-2-3-5-6;3*1-3-4-2;/h2-4H,1H3;3*3-4H2,1-2H3;. The SMILES string of the molecule is CCCC.CCCC.CCCC.Cn1cccn1.[Sn]. The second-order valence-corrected chi connectivity index (χ2v) is 4.18. The Labute approximate surface area is 139 Å². The Morgan fingerprint density at radius 2 is 1.05 bits per heavy atom. The molecule has 0 aliphatic rings. The molecule has 1 rings (SSSR count). The molecule has 1 heterocycles. The molecule has 0 spiro atoms. The van der Waals surface area contributed by atoms with Crippen molar-refractivity contribution in [1.82, 2.24) is 9.78 Å². The van der Waals surface area contributed by atoms with Crippen molar-refractivity contribution in [3.05, 3.63) is 18.5 Å². The summed E-state index contributed by atoms with van der Waals surface area (Å²) in [5.41, 5.74) is 0. The maximum absolute atomic E-state index is 3.83. The minimum absolute atomic E-state index is 0. The van der Waals surface area contributed by atoms with Crippen molar-refractivity contribution in [3.63, 3.8) is 0 Å². The molecule has 0 saturated carbocycles. The Morgan fingerprint density at radius 1 is 0.737 bits per heavy atom. The Hall–Kier alpha value is 0.00870. The molecule has 0 bridgehead atoms. The summed E-state index contributed by atoms with van der Waals surface area (Å²) in [5.74, 6) is 0. The molecule has 114 valence electrons. The molecule has 3 heteroatoms. The summed E-state index contributed by atoms with van der Waals surface area (Å²) in [4.78, 5) is 0. The summed E-state index contributed by atoms with van der Waals surface area (Å²) in [6, 6.07) is 1.89. The van der Waals surface area contributed by atoms with Gasteiger partial charge in [0.2, 0.25) is 0 Å². The third kappa shape index (κ3) is 46.1. The molecule has 0 aromatic carbocycles. The van der Waals surface area contributed by atoms with Crippen molar-refractivity contribution in [1.29, 1.82) is 0 Å². The van der Waals surface area contributed by atoms with Crippen LogP contribution in [0, 0.1) is 0 Å². The molecule has 0 atom stereocenters. The number of hydrogen-bond donors (Lipinski definition) is 0. The van der Waals surface area contributed by atoms with Crippen LogP contribution in [0.2, 0.25) is 0 Å². The average molecular weight is 375 g/mol. The average Bonchev–Trinajstić information content (AvgIpc) is 2.90. The van der Waals surface area contributed by atoms with Gasteiger partial charge in [-0.25, -0.2) is 0 Å². The third-order valence-electron chi connectivity index (χ3n) is 2.14. The molecule has 0 fully saturated rings. The van der Waals surface area contributed by atoms with Crippen LogP contribution in [-0.2, 0) is 7.05 Å². The van der Waals surface area contributed by atoms with E-state index in [1.54, 1.807) is 10.9 Å². The van der Waals surface area contributed by atoms with Crippen LogP contribution in [0.5, 0.6) is 0 Å². The fraction of sp³-hybridized carbons (Fsp3) is 0.812. The molecule has 0 saturated heterocycles. The van der Waals surface area contributed by atoms with Crippen LogP contribution in [0.1, 0.15) is 80.1 Å². The smallest absolute Gasteiger partial charge is 0.0489 e. The van der Waals surface area contributed by atoms with Gasteiger partial charge in [-0.15, -0.1) is 0 Å². The van der Waals surface area contributed by atoms with Crippen molar-refractivity contribution in [2.24, 2.45) is 7.05 Å². The zero-order valence-corrected chi connectivity index (χ0v) is 17.2. The van der Waals surface area contributed by atoms with E-state index in [1.165, 1.54) is 38.5 Å². The van der Waals surface area contributed by atoms with E-state index in [2.05, 4.69) is 46.6 Å². The Kier molecular flexibility index (Phi) is 44.3. The van der Waals surface area contributed by atoms with Gasteiger partial charge in [0.25, 0.3) is 0 Å². The quantitative estimate of drug-likeness (QED) is 0.642. The van der Waals surface area contributed by atoms with Gasteiger partial charge in [-0.2, -0.15) is 5.10 Å². The number of aryl methyl sites for hydroxylation is 1. The van der Waals surface area contributed by atoms with E-state index >= 15 is 0 Å². The van der Waals surface area contributed by atoms with Crippen LogP contribution < -0.4 is 0 Å². The molecule has 0 amide bonds. The fourth-order valence-electron chi connectivity index (χ4n) is 0.345. The van der Waals surface area contributed by atoms with Gasteiger partial charge in [0.1, 0.15) is 0 Å². The molecule has 4 radical (unpaired) electrons. The summed E-state index contributed by atoms with van der Waals surface area (Å²) in [6.45, 7) is 13.1. The van der Waals surface area contributed by atoms with E-state index in [0.29, 0.717) is 0 Å². The number of rotatable bonds is 3. The maximum Gasteiger partial charge on any atom is 0.0489 e. The van der Waals surface area contributed by atoms with Gasteiger partial charge < -0.3 is 0 Å². The zero-order chi connectivity index (χ0) is 14.6. The summed E-state index contributed by atoms with van der Waals surface area (Å²) < 4.78 is 1.75. The number of unbranched alkanes of at least 4 members (excludes halogenated alkanes) is 3. The predicted octanol–water partition coefficient (Wildman–Crippen LogP) is 5.46. The van der Waals surface area contributed by atoms with Crippen molar-refractivity contribution >= 4 is 23.9 Å². The van der Waals surface area contributed by atoms with Crippen molar-refractivity contribution in [3.8, 4) is 0 Å². The first kappa shape index (κ1) is 27.4. The fourth-order valence-corrected chi connectivity index (χ4v) is 0.345. The molecule has 0 aliphatic heterocycles. The first-order valence-corrected chi connectivity index (χ1v) is 7.57. The van der Waals surface area contributed by atoms with Gasteiger partial charge >= 0.3 is 0 Å². The largest absolute Gasteiger partial charge is 0.276 e. The summed E-state index contributed by atoms with van der Waals surface area (Å²) in [6.07, 6.45) is 11.6. The van der Waals surface area contributed by atoms with Gasteiger partial charge in [0.05, 0.1) is 0 Å². The Morgan fingerprint density at radius 3 is 1.11 bits per heavy atom. The normalized spacial score (nSPS) is 7.53. The van der Waals surface area contributed by atoms with Crippen molar-refractivity contribution in [2.75, 3.05) is 0 Å². The van der Waals surface area contributed by atoms with Crippen molar-refractivity contribution in [2.45, 2.75) is 80.1 Å². The number of nitrogens with zero attached hydrogens (tertiary/aromatic N) is 2. The van der Waals surface area contributed by atoms with Crippen LogP contribution in [0.15, 0.2) is 18.5 Å². The molecule has 0 N–H and O–H groups in total. The molecule has 2 nitrogen and oxygen atoms in total. The van der Waals surface area contributed by atoms with E-state index in [4.69, 9.17) is 0 Å². The summed E-state index contributed by atoms with van der Waals surface area (Å²) in [5, 5.41) is 3.83. The minimum atomic E-state index is 0. The zero-order valence-electron chi connectivity index (χ0n) is 14.4. The van der Waals surface area contributed by atoms with E-state index in [-0.39, 0.29) is 23.9 Å². The van der Waals surface area contributed by atoms with Crippen LogP contribution in [-0.4, -0.2) is 33.7 Å². The number of hydrogen-bond acceptors (Lipinski definition) is 1. The van der Waals surface area contributed by atoms with Crippen molar-refractivity contribution < 1.29 is 0 Å². The van der Waals surface area contributed by atoms with Gasteiger partial charge in [-0.3, -0.25) is 4.68 Å². The summed E-state index contributed by atoms with van der Waals surface area (Å²) >= 11 is 0. The van der Waals surface area contributed by atoms with Crippen LogP contribution in [0.25, 0.3) is 0 Å². The van der Waals surface area contributed by atoms with Crippen LogP contribution in [0.4, 0.5) is 0 Å². The van der Waals surface area contributed by atoms with Gasteiger partial charge in [0.15, 0.2) is 0 Å². The van der Waals surface area contributed by atoms with Crippen LogP contribution >= 0.6 is 0 Å². The second kappa shape index (κ2) is 30.8. The third-order valence-corrected chi connectivity index (χ3v) is 2.14. The molecule has 0 aliphatic carbocycles. The molecule has 0 unspecified atom stereocenters.